The van der Waals surface area contributed by atoms with Crippen LogP contribution in [0.15, 0.2) is 17.3 Å². The minimum atomic E-state index is -3.58. The second-order valence-electron chi connectivity index (χ2n) is 4.10. The molecular formula is C10H14ClN3O3S. The molecule has 1 saturated carbocycles. The van der Waals surface area contributed by atoms with E-state index in [1.54, 1.807) is 0 Å². The largest absolute Gasteiger partial charge is 0.380 e. The van der Waals surface area contributed by atoms with Gasteiger partial charge in [-0.25, -0.2) is 23.1 Å². The summed E-state index contributed by atoms with van der Waals surface area (Å²) < 4.78 is 31.3. The molecule has 1 aliphatic rings. The monoisotopic (exact) mass is 291 g/mol. The SMILES string of the molecule is O=S(=O)(NCCOCC1CC1)c1cnc(Cl)nc1. The van der Waals surface area contributed by atoms with Gasteiger partial charge in [-0.15, -0.1) is 0 Å². The van der Waals surface area contributed by atoms with E-state index in [0.717, 1.165) is 0 Å². The van der Waals surface area contributed by atoms with Gasteiger partial charge >= 0.3 is 0 Å². The van der Waals surface area contributed by atoms with Crippen molar-refractivity contribution in [2.45, 2.75) is 17.7 Å². The number of nitrogens with zero attached hydrogens (tertiary/aromatic N) is 2. The van der Waals surface area contributed by atoms with E-state index in [1.165, 1.54) is 25.2 Å². The van der Waals surface area contributed by atoms with E-state index in [1.807, 2.05) is 0 Å². The Morgan fingerprint density at radius 3 is 2.67 bits per heavy atom. The summed E-state index contributed by atoms with van der Waals surface area (Å²) in [5.74, 6) is 0.672. The third kappa shape index (κ3) is 4.16. The third-order valence-corrected chi connectivity index (χ3v) is 4.11. The Labute approximate surface area is 111 Å². The van der Waals surface area contributed by atoms with Crippen molar-refractivity contribution in [3.8, 4) is 0 Å². The molecule has 18 heavy (non-hydrogen) atoms. The summed E-state index contributed by atoms with van der Waals surface area (Å²) in [6.07, 6.45) is 4.77. The first kappa shape index (κ1) is 13.7. The fourth-order valence-corrected chi connectivity index (χ4v) is 2.30. The summed E-state index contributed by atoms with van der Waals surface area (Å²) in [4.78, 5) is 7.24. The van der Waals surface area contributed by atoms with Crippen molar-refractivity contribution >= 4 is 21.6 Å². The van der Waals surface area contributed by atoms with E-state index in [0.29, 0.717) is 19.1 Å². The smallest absolute Gasteiger partial charge is 0.243 e. The van der Waals surface area contributed by atoms with Gasteiger partial charge in [-0.3, -0.25) is 0 Å². The lowest BCUT2D eigenvalue weighted by Crippen LogP contribution is -2.27. The molecular weight excluding hydrogens is 278 g/mol. The molecule has 1 aromatic rings. The molecule has 0 spiro atoms. The molecule has 0 aromatic carbocycles. The van der Waals surface area contributed by atoms with E-state index < -0.39 is 10.0 Å². The number of nitrogens with one attached hydrogen (secondary N) is 1. The number of hydrogen-bond donors (Lipinski definition) is 1. The number of ether oxygens (including phenoxy) is 1. The van der Waals surface area contributed by atoms with Crippen LogP contribution in [0.5, 0.6) is 0 Å². The highest BCUT2D eigenvalue weighted by Gasteiger charge is 2.21. The molecule has 0 unspecified atom stereocenters. The van der Waals surface area contributed by atoms with Crippen LogP contribution in [0.25, 0.3) is 0 Å². The van der Waals surface area contributed by atoms with Crippen molar-refractivity contribution in [3.63, 3.8) is 0 Å². The summed E-state index contributed by atoms with van der Waals surface area (Å²) in [6, 6.07) is 0. The molecule has 0 saturated heterocycles. The Bertz CT molecular complexity index is 488. The molecule has 1 aromatic heterocycles. The molecule has 1 aliphatic carbocycles. The van der Waals surface area contributed by atoms with E-state index >= 15 is 0 Å². The summed E-state index contributed by atoms with van der Waals surface area (Å²) in [5.41, 5.74) is 0. The van der Waals surface area contributed by atoms with E-state index in [4.69, 9.17) is 16.3 Å². The van der Waals surface area contributed by atoms with Crippen LogP contribution in [-0.2, 0) is 14.8 Å². The highest BCUT2D eigenvalue weighted by molar-refractivity contribution is 7.89. The number of hydrogen-bond acceptors (Lipinski definition) is 5. The van der Waals surface area contributed by atoms with Crippen molar-refractivity contribution in [1.82, 2.24) is 14.7 Å². The highest BCUT2D eigenvalue weighted by atomic mass is 35.5. The molecule has 1 fully saturated rings. The predicted molar refractivity (Wildman–Crippen MR) is 65.8 cm³/mol. The standard InChI is InChI=1S/C10H14ClN3O3S/c11-10-12-5-9(6-13-10)18(15,16)14-3-4-17-7-8-1-2-8/h5-6,8,14H,1-4,7H2. The second kappa shape index (κ2) is 5.92. The fraction of sp³-hybridized carbons (Fsp3) is 0.600. The van der Waals surface area contributed by atoms with Gasteiger partial charge in [-0.05, 0) is 30.4 Å². The van der Waals surface area contributed by atoms with Gasteiger partial charge in [0.05, 0.1) is 19.0 Å². The quantitative estimate of drug-likeness (QED) is 0.594. The minimum Gasteiger partial charge on any atom is -0.380 e. The molecule has 1 N–H and O–H groups in total. The molecule has 100 valence electrons. The van der Waals surface area contributed by atoms with Gasteiger partial charge in [0, 0.05) is 13.2 Å². The lowest BCUT2D eigenvalue weighted by molar-refractivity contribution is 0.129. The summed E-state index contributed by atoms with van der Waals surface area (Å²) in [7, 11) is -3.58. The number of aromatic nitrogens is 2. The van der Waals surface area contributed by atoms with E-state index in [-0.39, 0.29) is 16.7 Å². The van der Waals surface area contributed by atoms with Crippen LogP contribution in [0, 0.1) is 5.92 Å². The van der Waals surface area contributed by atoms with Crippen LogP contribution in [0.1, 0.15) is 12.8 Å². The van der Waals surface area contributed by atoms with Gasteiger partial charge in [0.2, 0.25) is 15.3 Å². The Balaban J connectivity index is 1.77. The van der Waals surface area contributed by atoms with Gasteiger partial charge in [0.1, 0.15) is 4.90 Å². The first-order valence-corrected chi connectivity index (χ1v) is 7.49. The fourth-order valence-electron chi connectivity index (χ4n) is 1.31. The molecule has 0 atom stereocenters. The third-order valence-electron chi connectivity index (χ3n) is 2.50. The number of rotatable bonds is 7. The molecule has 6 nitrogen and oxygen atoms in total. The van der Waals surface area contributed by atoms with Gasteiger partial charge < -0.3 is 4.74 Å². The molecule has 0 amide bonds. The zero-order valence-electron chi connectivity index (χ0n) is 9.67. The molecule has 8 heteroatoms. The van der Waals surface area contributed by atoms with E-state index in [9.17, 15) is 8.42 Å². The molecule has 0 radical (unpaired) electrons. The molecule has 1 heterocycles. The van der Waals surface area contributed by atoms with Crippen molar-refractivity contribution in [1.29, 1.82) is 0 Å². The Kier molecular flexibility index (Phi) is 4.50. The van der Waals surface area contributed by atoms with Gasteiger partial charge in [0.25, 0.3) is 0 Å². The molecule has 0 aliphatic heterocycles. The van der Waals surface area contributed by atoms with Crippen molar-refractivity contribution in [2.24, 2.45) is 5.92 Å². The minimum absolute atomic E-state index is 0.00547. The highest BCUT2D eigenvalue weighted by Crippen LogP contribution is 2.28. The first-order valence-electron chi connectivity index (χ1n) is 5.63. The average molecular weight is 292 g/mol. The molecule has 0 bridgehead atoms. The second-order valence-corrected chi connectivity index (χ2v) is 6.21. The Hall–Kier alpha value is -0.760. The van der Waals surface area contributed by atoms with Gasteiger partial charge in [-0.2, -0.15) is 0 Å². The van der Waals surface area contributed by atoms with Crippen molar-refractivity contribution in [3.05, 3.63) is 17.7 Å². The molecule has 2 rings (SSSR count). The zero-order chi connectivity index (χ0) is 13.0. The van der Waals surface area contributed by atoms with Crippen LogP contribution in [0.4, 0.5) is 0 Å². The maximum atomic E-state index is 11.8. The zero-order valence-corrected chi connectivity index (χ0v) is 11.2. The average Bonchev–Trinajstić information content (AvgIpc) is 3.13. The summed E-state index contributed by atoms with van der Waals surface area (Å²) >= 11 is 5.49. The summed E-state index contributed by atoms with van der Waals surface area (Å²) in [6.45, 7) is 1.31. The Morgan fingerprint density at radius 1 is 1.39 bits per heavy atom. The summed E-state index contributed by atoms with van der Waals surface area (Å²) in [5, 5.41) is 0.0155. The number of sulfonamides is 1. The van der Waals surface area contributed by atoms with Crippen LogP contribution in [0.3, 0.4) is 0 Å². The van der Waals surface area contributed by atoms with Crippen LogP contribution in [0.2, 0.25) is 5.28 Å². The predicted octanol–water partition coefficient (Wildman–Crippen LogP) is 0.835. The maximum Gasteiger partial charge on any atom is 0.243 e. The van der Waals surface area contributed by atoms with Gasteiger partial charge in [0.15, 0.2) is 0 Å². The topological polar surface area (TPSA) is 81.2 Å². The number of halogens is 1. The normalized spacial score (nSPS) is 15.8. The lowest BCUT2D eigenvalue weighted by Gasteiger charge is -2.06. The van der Waals surface area contributed by atoms with Crippen LogP contribution < -0.4 is 4.72 Å². The van der Waals surface area contributed by atoms with Crippen LogP contribution in [-0.4, -0.2) is 38.1 Å². The van der Waals surface area contributed by atoms with Crippen molar-refractivity contribution < 1.29 is 13.2 Å². The lowest BCUT2D eigenvalue weighted by atomic mass is 10.5. The Morgan fingerprint density at radius 2 is 2.06 bits per heavy atom. The maximum absolute atomic E-state index is 11.8. The first-order chi connectivity index (χ1) is 8.58. The van der Waals surface area contributed by atoms with Crippen molar-refractivity contribution in [2.75, 3.05) is 19.8 Å². The van der Waals surface area contributed by atoms with E-state index in [2.05, 4.69) is 14.7 Å². The van der Waals surface area contributed by atoms with Crippen LogP contribution >= 0.6 is 11.6 Å². The van der Waals surface area contributed by atoms with Gasteiger partial charge in [-0.1, -0.05) is 0 Å².